The summed E-state index contributed by atoms with van der Waals surface area (Å²) in [6.07, 6.45) is 2.94. The highest BCUT2D eigenvalue weighted by atomic mass is 16.3. The normalized spacial score (nSPS) is 13.0. The molecule has 14 heavy (non-hydrogen) atoms. The Kier molecular flexibility index (Phi) is 2.14. The summed E-state index contributed by atoms with van der Waals surface area (Å²) in [5.41, 5.74) is 1.98. The van der Waals surface area contributed by atoms with E-state index in [-0.39, 0.29) is 0 Å². The molecule has 0 amide bonds. The van der Waals surface area contributed by atoms with Gasteiger partial charge >= 0.3 is 0 Å². The van der Waals surface area contributed by atoms with Gasteiger partial charge in [0.15, 0.2) is 0 Å². The molecule has 72 valence electrons. The second-order valence-electron chi connectivity index (χ2n) is 3.39. The molecule has 0 aliphatic rings. The van der Waals surface area contributed by atoms with Crippen molar-refractivity contribution in [3.8, 4) is 0 Å². The van der Waals surface area contributed by atoms with Crippen LogP contribution < -0.4 is 0 Å². The van der Waals surface area contributed by atoms with Crippen molar-refractivity contribution in [1.29, 1.82) is 0 Å². The van der Waals surface area contributed by atoms with Gasteiger partial charge in [-0.2, -0.15) is 0 Å². The van der Waals surface area contributed by atoms with E-state index in [1.165, 1.54) is 0 Å². The number of nitrogens with zero attached hydrogens (tertiary/aromatic N) is 1. The summed E-state index contributed by atoms with van der Waals surface area (Å²) in [6, 6.07) is 7.95. The van der Waals surface area contributed by atoms with Gasteiger partial charge in [0.2, 0.25) is 0 Å². The zero-order valence-corrected chi connectivity index (χ0v) is 8.14. The van der Waals surface area contributed by atoms with Crippen molar-refractivity contribution < 1.29 is 5.11 Å². The van der Waals surface area contributed by atoms with Crippen LogP contribution in [0.4, 0.5) is 0 Å². The molecule has 0 fully saturated rings. The Hall–Kier alpha value is -1.54. The lowest BCUT2D eigenvalue weighted by Gasteiger charge is -2.09. The van der Waals surface area contributed by atoms with Gasteiger partial charge in [-0.15, -0.1) is 6.58 Å². The molecule has 0 aliphatic carbocycles. The smallest absolute Gasteiger partial charge is 0.0989 e. The first-order valence-corrected chi connectivity index (χ1v) is 4.58. The van der Waals surface area contributed by atoms with Crippen molar-refractivity contribution in [2.45, 2.75) is 6.10 Å². The molecule has 0 spiro atoms. The summed E-state index contributed by atoms with van der Waals surface area (Å²) in [7, 11) is 1.97. The van der Waals surface area contributed by atoms with E-state index in [4.69, 9.17) is 0 Å². The first-order valence-electron chi connectivity index (χ1n) is 4.58. The Morgan fingerprint density at radius 3 is 2.93 bits per heavy atom. The molecule has 0 aliphatic heterocycles. The van der Waals surface area contributed by atoms with Gasteiger partial charge in [-0.3, -0.25) is 0 Å². The van der Waals surface area contributed by atoms with E-state index < -0.39 is 6.10 Å². The summed E-state index contributed by atoms with van der Waals surface area (Å²) in [4.78, 5) is 0. The lowest BCUT2D eigenvalue weighted by molar-refractivity contribution is 0.230. The van der Waals surface area contributed by atoms with Gasteiger partial charge in [0.05, 0.1) is 11.6 Å². The maximum atomic E-state index is 9.74. The molecule has 1 N–H and O–H groups in total. The summed E-state index contributed by atoms with van der Waals surface area (Å²) in [5, 5.41) is 10.9. The summed E-state index contributed by atoms with van der Waals surface area (Å²) >= 11 is 0. The zero-order valence-electron chi connectivity index (χ0n) is 8.14. The third kappa shape index (κ3) is 1.24. The Bertz CT molecular complexity index is 470. The fourth-order valence-electron chi connectivity index (χ4n) is 1.75. The third-order valence-corrected chi connectivity index (χ3v) is 2.47. The Morgan fingerprint density at radius 2 is 2.21 bits per heavy atom. The van der Waals surface area contributed by atoms with Crippen LogP contribution in [-0.2, 0) is 7.05 Å². The van der Waals surface area contributed by atoms with Gasteiger partial charge in [-0.1, -0.05) is 24.3 Å². The Balaban J connectivity index is 2.74. The maximum Gasteiger partial charge on any atom is 0.0989 e. The topological polar surface area (TPSA) is 25.2 Å². The minimum Gasteiger partial charge on any atom is -0.384 e. The largest absolute Gasteiger partial charge is 0.384 e. The van der Waals surface area contributed by atoms with E-state index in [1.807, 2.05) is 42.1 Å². The van der Waals surface area contributed by atoms with Crippen molar-refractivity contribution in [2.75, 3.05) is 0 Å². The van der Waals surface area contributed by atoms with Crippen LogP contribution >= 0.6 is 0 Å². The minimum atomic E-state index is -0.590. The van der Waals surface area contributed by atoms with Crippen molar-refractivity contribution in [3.05, 3.63) is 48.7 Å². The predicted molar refractivity (Wildman–Crippen MR) is 58.1 cm³/mol. The number of rotatable bonds is 2. The van der Waals surface area contributed by atoms with E-state index in [9.17, 15) is 5.11 Å². The molecule has 1 aromatic heterocycles. The van der Waals surface area contributed by atoms with Crippen LogP contribution in [-0.4, -0.2) is 9.67 Å². The fraction of sp³-hybridized carbons (Fsp3) is 0.167. The van der Waals surface area contributed by atoms with Crippen molar-refractivity contribution in [1.82, 2.24) is 4.57 Å². The van der Waals surface area contributed by atoms with Gasteiger partial charge in [0, 0.05) is 18.8 Å². The number of aryl methyl sites for hydroxylation is 1. The molecule has 2 heteroatoms. The second kappa shape index (κ2) is 3.31. The van der Waals surface area contributed by atoms with E-state index in [2.05, 4.69) is 6.58 Å². The first-order chi connectivity index (χ1) is 6.74. The number of para-hydroxylation sites is 1. The Labute approximate surface area is 83.1 Å². The summed E-state index contributed by atoms with van der Waals surface area (Å²) < 4.78 is 2.01. The van der Waals surface area contributed by atoms with E-state index >= 15 is 0 Å². The summed E-state index contributed by atoms with van der Waals surface area (Å²) in [6.45, 7) is 3.60. The minimum absolute atomic E-state index is 0.590. The third-order valence-electron chi connectivity index (χ3n) is 2.47. The van der Waals surface area contributed by atoms with Gasteiger partial charge in [0.25, 0.3) is 0 Å². The van der Waals surface area contributed by atoms with E-state index in [0.717, 1.165) is 16.5 Å². The number of hydrogen-bond donors (Lipinski definition) is 1. The average molecular weight is 187 g/mol. The van der Waals surface area contributed by atoms with Gasteiger partial charge in [-0.05, 0) is 11.5 Å². The molecule has 2 rings (SSSR count). The SMILES string of the molecule is C=CC(O)c1cccc2ccn(C)c12. The molecule has 0 saturated heterocycles. The monoisotopic (exact) mass is 187 g/mol. The highest BCUT2D eigenvalue weighted by molar-refractivity contribution is 5.83. The molecule has 1 atom stereocenters. The standard InChI is InChI=1S/C12H13NO/c1-3-11(14)10-6-4-5-9-7-8-13(2)12(9)10/h3-8,11,14H,1H2,2H3. The van der Waals surface area contributed by atoms with Gasteiger partial charge < -0.3 is 9.67 Å². The second-order valence-corrected chi connectivity index (χ2v) is 3.39. The number of benzene rings is 1. The lowest BCUT2D eigenvalue weighted by atomic mass is 10.1. The number of hydrogen-bond acceptors (Lipinski definition) is 1. The van der Waals surface area contributed by atoms with E-state index in [0.29, 0.717) is 0 Å². The number of fused-ring (bicyclic) bond motifs is 1. The predicted octanol–water partition coefficient (Wildman–Crippen LogP) is 2.40. The van der Waals surface area contributed by atoms with Crippen molar-refractivity contribution in [3.63, 3.8) is 0 Å². The first kappa shape index (κ1) is 9.03. The van der Waals surface area contributed by atoms with Crippen LogP contribution in [0.3, 0.4) is 0 Å². The fourth-order valence-corrected chi connectivity index (χ4v) is 1.75. The molecule has 0 radical (unpaired) electrons. The van der Waals surface area contributed by atoms with Gasteiger partial charge in [-0.25, -0.2) is 0 Å². The highest BCUT2D eigenvalue weighted by Gasteiger charge is 2.09. The lowest BCUT2D eigenvalue weighted by Crippen LogP contribution is -1.97. The number of aliphatic hydroxyl groups excluding tert-OH is 1. The summed E-state index contributed by atoms with van der Waals surface area (Å²) in [5.74, 6) is 0. The van der Waals surface area contributed by atoms with Crippen LogP contribution in [0.2, 0.25) is 0 Å². The van der Waals surface area contributed by atoms with Crippen LogP contribution in [0.1, 0.15) is 11.7 Å². The van der Waals surface area contributed by atoms with Crippen LogP contribution in [0.5, 0.6) is 0 Å². The maximum absolute atomic E-state index is 9.74. The molecule has 1 aromatic carbocycles. The molecule has 1 unspecified atom stereocenters. The molecule has 2 aromatic rings. The quantitative estimate of drug-likeness (QED) is 0.717. The molecule has 0 saturated carbocycles. The molecule has 0 bridgehead atoms. The van der Waals surface area contributed by atoms with Gasteiger partial charge in [0.1, 0.15) is 0 Å². The average Bonchev–Trinajstić information content (AvgIpc) is 2.59. The highest BCUT2D eigenvalue weighted by Crippen LogP contribution is 2.25. The molecule has 2 nitrogen and oxygen atoms in total. The molecule has 1 heterocycles. The van der Waals surface area contributed by atoms with Crippen LogP contribution in [0, 0.1) is 0 Å². The Morgan fingerprint density at radius 1 is 1.43 bits per heavy atom. The van der Waals surface area contributed by atoms with Crippen molar-refractivity contribution in [2.24, 2.45) is 7.05 Å². The number of aliphatic hydroxyl groups is 1. The van der Waals surface area contributed by atoms with Crippen LogP contribution in [0.25, 0.3) is 10.9 Å². The van der Waals surface area contributed by atoms with Crippen molar-refractivity contribution >= 4 is 10.9 Å². The molecular formula is C12H13NO. The number of aromatic nitrogens is 1. The molecular weight excluding hydrogens is 174 g/mol. The van der Waals surface area contributed by atoms with E-state index in [1.54, 1.807) is 6.08 Å². The van der Waals surface area contributed by atoms with Crippen LogP contribution in [0.15, 0.2) is 43.1 Å². The zero-order chi connectivity index (χ0) is 10.1.